The maximum atomic E-state index is 12.6. The summed E-state index contributed by atoms with van der Waals surface area (Å²) in [5.41, 5.74) is 2.50. The summed E-state index contributed by atoms with van der Waals surface area (Å²) in [5.74, 6) is -0.727. The smallest absolute Gasteiger partial charge is 0.278 e. The van der Waals surface area contributed by atoms with Gasteiger partial charge in [0.1, 0.15) is 6.54 Å². The SMILES string of the molecule is CCn1cc(NC(=O)Cn2nc(C)c(Cl)c2C)c(C(=O)Nc2ccccc2)n1. The van der Waals surface area contributed by atoms with Crippen LogP contribution in [-0.2, 0) is 17.9 Å². The number of amides is 2. The Hall–Kier alpha value is -3.13. The number of carbonyl (C=O) groups excluding carboxylic acids is 2. The first-order valence-electron chi connectivity index (χ1n) is 8.82. The van der Waals surface area contributed by atoms with Crippen molar-refractivity contribution in [3.8, 4) is 0 Å². The van der Waals surface area contributed by atoms with Gasteiger partial charge in [-0.25, -0.2) is 0 Å². The molecule has 0 saturated heterocycles. The van der Waals surface area contributed by atoms with Crippen LogP contribution in [0.1, 0.15) is 28.8 Å². The third-order valence-electron chi connectivity index (χ3n) is 4.19. The van der Waals surface area contributed by atoms with Crippen LogP contribution in [0, 0.1) is 13.8 Å². The average Bonchev–Trinajstić information content (AvgIpc) is 3.19. The van der Waals surface area contributed by atoms with Gasteiger partial charge in [-0.15, -0.1) is 0 Å². The van der Waals surface area contributed by atoms with Crippen LogP contribution in [0.5, 0.6) is 0 Å². The highest BCUT2D eigenvalue weighted by atomic mass is 35.5. The van der Waals surface area contributed by atoms with Gasteiger partial charge in [0.05, 0.1) is 22.1 Å². The highest BCUT2D eigenvalue weighted by Crippen LogP contribution is 2.20. The molecule has 9 heteroatoms. The molecule has 2 N–H and O–H groups in total. The van der Waals surface area contributed by atoms with E-state index in [2.05, 4.69) is 20.8 Å². The summed E-state index contributed by atoms with van der Waals surface area (Å²) in [4.78, 5) is 25.1. The van der Waals surface area contributed by atoms with Crippen LogP contribution in [0.15, 0.2) is 36.5 Å². The van der Waals surface area contributed by atoms with Crippen molar-refractivity contribution in [1.82, 2.24) is 19.6 Å². The highest BCUT2D eigenvalue weighted by molar-refractivity contribution is 6.31. The fraction of sp³-hybridized carbons (Fsp3) is 0.263. The number of aromatic nitrogens is 4. The van der Waals surface area contributed by atoms with E-state index in [-0.39, 0.29) is 18.1 Å². The average molecular weight is 401 g/mol. The van der Waals surface area contributed by atoms with Gasteiger partial charge in [0.25, 0.3) is 5.91 Å². The molecular weight excluding hydrogens is 380 g/mol. The van der Waals surface area contributed by atoms with Crippen molar-refractivity contribution in [2.24, 2.45) is 0 Å². The van der Waals surface area contributed by atoms with E-state index in [1.54, 1.807) is 36.9 Å². The Bertz CT molecular complexity index is 1010. The summed E-state index contributed by atoms with van der Waals surface area (Å²) in [6.07, 6.45) is 1.63. The van der Waals surface area contributed by atoms with Crippen LogP contribution in [0.4, 0.5) is 11.4 Å². The first kappa shape index (κ1) is 19.6. The van der Waals surface area contributed by atoms with E-state index in [1.165, 1.54) is 4.68 Å². The Kier molecular flexibility index (Phi) is 5.79. The number of carbonyl (C=O) groups is 2. The topological polar surface area (TPSA) is 93.8 Å². The van der Waals surface area contributed by atoms with E-state index in [1.807, 2.05) is 25.1 Å². The van der Waals surface area contributed by atoms with E-state index in [0.717, 1.165) is 0 Å². The predicted molar refractivity (Wildman–Crippen MR) is 108 cm³/mol. The van der Waals surface area contributed by atoms with Crippen LogP contribution >= 0.6 is 11.6 Å². The van der Waals surface area contributed by atoms with Gasteiger partial charge in [0.15, 0.2) is 5.69 Å². The maximum absolute atomic E-state index is 12.6. The van der Waals surface area contributed by atoms with Gasteiger partial charge in [-0.05, 0) is 32.9 Å². The van der Waals surface area contributed by atoms with Crippen LogP contribution < -0.4 is 10.6 Å². The summed E-state index contributed by atoms with van der Waals surface area (Å²) in [5, 5.41) is 14.6. The van der Waals surface area contributed by atoms with Gasteiger partial charge in [-0.3, -0.25) is 19.0 Å². The Labute approximate surface area is 167 Å². The number of benzene rings is 1. The second-order valence-corrected chi connectivity index (χ2v) is 6.64. The lowest BCUT2D eigenvalue weighted by molar-refractivity contribution is -0.116. The number of anilines is 2. The summed E-state index contributed by atoms with van der Waals surface area (Å²) in [6.45, 7) is 6.02. The molecule has 0 aliphatic carbocycles. The van der Waals surface area contributed by atoms with Crippen molar-refractivity contribution in [2.45, 2.75) is 33.9 Å². The van der Waals surface area contributed by atoms with E-state index >= 15 is 0 Å². The fourth-order valence-corrected chi connectivity index (χ4v) is 2.84. The number of hydrogen-bond acceptors (Lipinski definition) is 4. The molecule has 3 aromatic rings. The first-order valence-corrected chi connectivity index (χ1v) is 9.20. The second kappa shape index (κ2) is 8.26. The molecule has 28 heavy (non-hydrogen) atoms. The number of nitrogens with one attached hydrogen (secondary N) is 2. The zero-order valence-electron chi connectivity index (χ0n) is 15.9. The Balaban J connectivity index is 1.77. The first-order chi connectivity index (χ1) is 13.4. The molecule has 1 aromatic carbocycles. The number of halogens is 1. The zero-order chi connectivity index (χ0) is 20.3. The lowest BCUT2D eigenvalue weighted by Crippen LogP contribution is -2.22. The largest absolute Gasteiger partial charge is 0.321 e. The summed E-state index contributed by atoms with van der Waals surface area (Å²) in [7, 11) is 0. The monoisotopic (exact) mass is 400 g/mol. The van der Waals surface area contributed by atoms with Crippen molar-refractivity contribution in [3.63, 3.8) is 0 Å². The van der Waals surface area contributed by atoms with Crippen LogP contribution in [0.3, 0.4) is 0 Å². The molecule has 2 heterocycles. The molecule has 2 amide bonds. The van der Waals surface area contributed by atoms with Gasteiger partial charge < -0.3 is 10.6 Å². The standard InChI is InChI=1S/C19H21ClN6O2/c1-4-25-10-15(18(24-25)19(28)21-14-8-6-5-7-9-14)22-16(27)11-26-13(3)17(20)12(2)23-26/h5-10H,4,11H2,1-3H3,(H,21,28)(H,22,27). The molecule has 0 unspecified atom stereocenters. The molecule has 0 spiro atoms. The van der Waals surface area contributed by atoms with E-state index in [0.29, 0.717) is 34.3 Å². The lowest BCUT2D eigenvalue weighted by atomic mass is 10.3. The Morgan fingerprint density at radius 2 is 1.82 bits per heavy atom. The molecule has 8 nitrogen and oxygen atoms in total. The minimum absolute atomic E-state index is 0.0174. The summed E-state index contributed by atoms with van der Waals surface area (Å²) >= 11 is 6.13. The van der Waals surface area contributed by atoms with Crippen LogP contribution in [0.25, 0.3) is 0 Å². The van der Waals surface area contributed by atoms with Gasteiger partial charge in [0.2, 0.25) is 5.91 Å². The highest BCUT2D eigenvalue weighted by Gasteiger charge is 2.20. The Morgan fingerprint density at radius 1 is 1.11 bits per heavy atom. The molecular formula is C19H21ClN6O2. The molecule has 0 fully saturated rings. The van der Waals surface area contributed by atoms with Gasteiger partial charge >= 0.3 is 0 Å². The number of para-hydroxylation sites is 1. The van der Waals surface area contributed by atoms with Crippen molar-refractivity contribution in [2.75, 3.05) is 10.6 Å². The van der Waals surface area contributed by atoms with E-state index in [4.69, 9.17) is 11.6 Å². The van der Waals surface area contributed by atoms with Crippen molar-refractivity contribution in [3.05, 3.63) is 58.6 Å². The van der Waals surface area contributed by atoms with E-state index in [9.17, 15) is 9.59 Å². The quantitative estimate of drug-likeness (QED) is 0.664. The molecule has 0 radical (unpaired) electrons. The van der Waals surface area contributed by atoms with Crippen molar-refractivity contribution < 1.29 is 9.59 Å². The molecule has 0 aliphatic rings. The lowest BCUT2D eigenvalue weighted by Gasteiger charge is -2.07. The fourth-order valence-electron chi connectivity index (χ4n) is 2.71. The number of rotatable bonds is 6. The van der Waals surface area contributed by atoms with Gasteiger partial charge in [-0.2, -0.15) is 10.2 Å². The summed E-state index contributed by atoms with van der Waals surface area (Å²) < 4.78 is 3.12. The van der Waals surface area contributed by atoms with Gasteiger partial charge in [0, 0.05) is 18.4 Å². The summed E-state index contributed by atoms with van der Waals surface area (Å²) in [6, 6.07) is 9.06. The minimum atomic E-state index is -0.400. The van der Waals surface area contributed by atoms with Crippen LogP contribution in [0.2, 0.25) is 5.02 Å². The number of aryl methyl sites for hydroxylation is 2. The maximum Gasteiger partial charge on any atom is 0.278 e. The second-order valence-electron chi connectivity index (χ2n) is 6.26. The van der Waals surface area contributed by atoms with Crippen molar-refractivity contribution >= 4 is 34.8 Å². The molecule has 0 aliphatic heterocycles. The molecule has 2 aromatic heterocycles. The van der Waals surface area contributed by atoms with E-state index < -0.39 is 5.91 Å². The van der Waals surface area contributed by atoms with Crippen molar-refractivity contribution in [1.29, 1.82) is 0 Å². The molecule has 0 saturated carbocycles. The molecule has 0 bridgehead atoms. The molecule has 0 atom stereocenters. The number of hydrogen-bond donors (Lipinski definition) is 2. The van der Waals surface area contributed by atoms with Gasteiger partial charge in [-0.1, -0.05) is 29.8 Å². The Morgan fingerprint density at radius 3 is 2.43 bits per heavy atom. The number of nitrogens with zero attached hydrogens (tertiary/aromatic N) is 4. The minimum Gasteiger partial charge on any atom is -0.321 e. The molecule has 146 valence electrons. The normalized spacial score (nSPS) is 10.7. The zero-order valence-corrected chi connectivity index (χ0v) is 16.6. The van der Waals surface area contributed by atoms with Crippen LogP contribution in [-0.4, -0.2) is 31.4 Å². The third kappa shape index (κ3) is 4.23. The predicted octanol–water partition coefficient (Wildman–Crippen LogP) is 3.26. The third-order valence-corrected chi connectivity index (χ3v) is 4.74. The molecule has 3 rings (SSSR count).